The number of benzene rings is 1. The number of nitrogens with one attached hydrogen (secondary N) is 1. The van der Waals surface area contributed by atoms with Crippen molar-refractivity contribution in [1.82, 2.24) is 9.88 Å². The van der Waals surface area contributed by atoms with Gasteiger partial charge in [0.1, 0.15) is 17.4 Å². The van der Waals surface area contributed by atoms with Gasteiger partial charge in [-0.2, -0.15) is 4.40 Å². The molecule has 174 valence electrons. The number of nitrogens with zero attached hydrogens (tertiary/aromatic N) is 4. The van der Waals surface area contributed by atoms with Crippen molar-refractivity contribution >= 4 is 34.4 Å². The number of amides is 1. The Hall–Kier alpha value is -3.14. The van der Waals surface area contributed by atoms with Crippen LogP contribution in [-0.2, 0) is 11.2 Å². The average molecular weight is 469 g/mol. The number of pyridine rings is 1. The van der Waals surface area contributed by atoms with Crippen LogP contribution in [0, 0.1) is 5.92 Å². The van der Waals surface area contributed by atoms with E-state index in [-0.39, 0.29) is 11.7 Å². The maximum Gasteiger partial charge on any atom is 0.255 e. The number of hydrogen-bond acceptors (Lipinski definition) is 6. The predicted molar refractivity (Wildman–Crippen MR) is 129 cm³/mol. The molecule has 10 heteroatoms. The SMILES string of the molecule is NC1=NS(=O)Nc2cccc(OCC3CCCN(c4ccc(C(=O)N5CCCC5)cn4)C3)c21. The molecule has 0 aliphatic carbocycles. The van der Waals surface area contributed by atoms with Crippen LogP contribution in [-0.4, -0.2) is 58.6 Å². The van der Waals surface area contributed by atoms with Gasteiger partial charge in [0.05, 0.1) is 23.4 Å². The summed E-state index contributed by atoms with van der Waals surface area (Å²) in [6, 6.07) is 9.35. The Morgan fingerprint density at radius 1 is 1.18 bits per heavy atom. The zero-order valence-electron chi connectivity index (χ0n) is 18.4. The van der Waals surface area contributed by atoms with E-state index in [1.165, 1.54) is 0 Å². The van der Waals surface area contributed by atoms with Crippen LogP contribution >= 0.6 is 0 Å². The minimum absolute atomic E-state index is 0.0730. The largest absolute Gasteiger partial charge is 0.492 e. The quantitative estimate of drug-likeness (QED) is 0.696. The van der Waals surface area contributed by atoms with Crippen LogP contribution in [0.2, 0.25) is 0 Å². The molecule has 2 aromatic rings. The molecule has 1 aromatic heterocycles. The fourth-order valence-corrected chi connectivity index (χ4v) is 5.35. The molecule has 4 heterocycles. The number of piperidine rings is 1. The number of aromatic nitrogens is 1. The first-order valence-corrected chi connectivity index (χ1v) is 12.5. The smallest absolute Gasteiger partial charge is 0.255 e. The van der Waals surface area contributed by atoms with Gasteiger partial charge in [-0.15, -0.1) is 0 Å². The van der Waals surface area contributed by atoms with Crippen molar-refractivity contribution in [3.63, 3.8) is 0 Å². The first kappa shape index (κ1) is 21.7. The Labute approximate surface area is 195 Å². The fraction of sp³-hybridized carbons (Fsp3) is 0.435. The second kappa shape index (κ2) is 9.38. The molecule has 3 aliphatic heterocycles. The van der Waals surface area contributed by atoms with Crippen molar-refractivity contribution in [1.29, 1.82) is 0 Å². The van der Waals surface area contributed by atoms with Gasteiger partial charge in [-0.3, -0.25) is 9.52 Å². The van der Waals surface area contributed by atoms with Crippen molar-refractivity contribution < 1.29 is 13.7 Å². The fourth-order valence-electron chi connectivity index (χ4n) is 4.67. The molecule has 3 N–H and O–H groups in total. The summed E-state index contributed by atoms with van der Waals surface area (Å²) in [7, 11) is 0. The van der Waals surface area contributed by atoms with Gasteiger partial charge < -0.3 is 20.3 Å². The second-order valence-corrected chi connectivity index (χ2v) is 9.56. The molecule has 5 rings (SSSR count). The Balaban J connectivity index is 1.22. The Bertz CT molecular complexity index is 1080. The number of likely N-dealkylation sites (tertiary alicyclic amines) is 1. The lowest BCUT2D eigenvalue weighted by molar-refractivity contribution is 0.0792. The molecule has 0 saturated carbocycles. The van der Waals surface area contributed by atoms with Gasteiger partial charge in [0.15, 0.2) is 0 Å². The number of carbonyl (C=O) groups is 1. The summed E-state index contributed by atoms with van der Waals surface area (Å²) < 4.78 is 24.6. The van der Waals surface area contributed by atoms with Gasteiger partial charge in [0.2, 0.25) is 11.2 Å². The number of nitrogens with two attached hydrogens (primary N) is 1. The van der Waals surface area contributed by atoms with Gasteiger partial charge in [-0.1, -0.05) is 6.07 Å². The maximum atomic E-state index is 12.6. The third-order valence-corrected chi connectivity index (χ3v) is 7.12. The van der Waals surface area contributed by atoms with Crippen molar-refractivity contribution in [2.24, 2.45) is 16.0 Å². The molecular weight excluding hydrogens is 440 g/mol. The van der Waals surface area contributed by atoms with Crippen LogP contribution in [0.4, 0.5) is 11.5 Å². The molecule has 1 amide bonds. The number of carbonyl (C=O) groups excluding carboxylic acids is 1. The highest BCUT2D eigenvalue weighted by Crippen LogP contribution is 2.31. The van der Waals surface area contributed by atoms with Gasteiger partial charge in [-0.05, 0) is 49.9 Å². The van der Waals surface area contributed by atoms with Crippen LogP contribution < -0.4 is 20.1 Å². The number of ether oxygens (including phenoxy) is 1. The Morgan fingerprint density at radius 2 is 2.03 bits per heavy atom. The maximum absolute atomic E-state index is 12.6. The molecule has 33 heavy (non-hydrogen) atoms. The van der Waals surface area contributed by atoms with E-state index in [2.05, 4.69) is 19.0 Å². The number of hydrogen-bond donors (Lipinski definition) is 2. The molecule has 2 atom stereocenters. The van der Waals surface area contributed by atoms with Gasteiger partial charge in [-0.25, -0.2) is 9.19 Å². The van der Waals surface area contributed by atoms with E-state index in [1.807, 2.05) is 35.2 Å². The molecule has 0 radical (unpaired) electrons. The minimum Gasteiger partial charge on any atom is -0.492 e. The van der Waals surface area contributed by atoms with Crippen molar-refractivity contribution in [2.45, 2.75) is 25.7 Å². The van der Waals surface area contributed by atoms with E-state index < -0.39 is 11.2 Å². The second-order valence-electron chi connectivity index (χ2n) is 8.68. The Kier molecular flexibility index (Phi) is 6.17. The lowest BCUT2D eigenvalue weighted by Gasteiger charge is -2.33. The molecule has 0 spiro atoms. The van der Waals surface area contributed by atoms with E-state index in [4.69, 9.17) is 10.5 Å². The normalized spacial score (nSPS) is 22.4. The lowest BCUT2D eigenvalue weighted by Crippen LogP contribution is -2.38. The molecule has 9 nitrogen and oxygen atoms in total. The first-order chi connectivity index (χ1) is 16.1. The van der Waals surface area contributed by atoms with Crippen molar-refractivity contribution in [2.75, 3.05) is 42.4 Å². The van der Waals surface area contributed by atoms with E-state index in [0.717, 1.165) is 57.7 Å². The van der Waals surface area contributed by atoms with E-state index in [1.54, 1.807) is 6.20 Å². The summed E-state index contributed by atoms with van der Waals surface area (Å²) in [6.07, 6.45) is 5.96. The third-order valence-electron chi connectivity index (χ3n) is 6.37. The van der Waals surface area contributed by atoms with Gasteiger partial charge in [0, 0.05) is 38.3 Å². The highest BCUT2D eigenvalue weighted by atomic mass is 32.2. The highest BCUT2D eigenvalue weighted by molar-refractivity contribution is 7.85. The zero-order valence-corrected chi connectivity index (χ0v) is 19.2. The molecule has 0 bridgehead atoms. The number of fused-ring (bicyclic) bond motifs is 1. The molecule has 3 aliphatic rings. The topological polar surface area (TPSA) is 113 Å². The summed E-state index contributed by atoms with van der Waals surface area (Å²) in [5.41, 5.74) is 7.98. The van der Waals surface area contributed by atoms with Crippen LogP contribution in [0.25, 0.3) is 0 Å². The van der Waals surface area contributed by atoms with E-state index in [0.29, 0.717) is 35.1 Å². The number of amidine groups is 1. The zero-order chi connectivity index (χ0) is 22.8. The molecule has 2 saturated heterocycles. The average Bonchev–Trinajstić information content (AvgIpc) is 3.37. The van der Waals surface area contributed by atoms with Crippen LogP contribution in [0.15, 0.2) is 40.9 Å². The standard InChI is InChI=1S/C23H28N6O3S/c24-22-21-18(26-33(31)27-22)6-3-7-19(21)32-15-16-5-4-12-29(14-16)20-9-8-17(13-25-20)23(30)28-10-1-2-11-28/h3,6-9,13,16,26H,1-2,4-5,10-12,14-15H2,(H2,24,27). The number of anilines is 2. The minimum atomic E-state index is -1.56. The third kappa shape index (κ3) is 4.66. The molecule has 1 aromatic carbocycles. The van der Waals surface area contributed by atoms with Gasteiger partial charge in [0.25, 0.3) is 5.91 Å². The van der Waals surface area contributed by atoms with Crippen LogP contribution in [0.5, 0.6) is 5.75 Å². The van der Waals surface area contributed by atoms with Crippen LogP contribution in [0.3, 0.4) is 0 Å². The van der Waals surface area contributed by atoms with Crippen LogP contribution in [0.1, 0.15) is 41.6 Å². The summed E-state index contributed by atoms with van der Waals surface area (Å²) in [5, 5.41) is 0. The highest BCUT2D eigenvalue weighted by Gasteiger charge is 2.25. The van der Waals surface area contributed by atoms with Crippen molar-refractivity contribution in [3.05, 3.63) is 47.7 Å². The summed E-state index contributed by atoms with van der Waals surface area (Å²) in [5.74, 6) is 2.14. The van der Waals surface area contributed by atoms with Crippen molar-refractivity contribution in [3.8, 4) is 5.75 Å². The van der Waals surface area contributed by atoms with E-state index >= 15 is 0 Å². The predicted octanol–water partition coefficient (Wildman–Crippen LogP) is 2.32. The van der Waals surface area contributed by atoms with E-state index in [9.17, 15) is 9.00 Å². The summed E-state index contributed by atoms with van der Waals surface area (Å²) in [4.78, 5) is 21.3. The molecule has 2 fully saturated rings. The lowest BCUT2D eigenvalue weighted by atomic mass is 9.99. The Morgan fingerprint density at radius 3 is 2.82 bits per heavy atom. The first-order valence-electron chi connectivity index (χ1n) is 11.4. The summed E-state index contributed by atoms with van der Waals surface area (Å²) >= 11 is -1.56. The van der Waals surface area contributed by atoms with Gasteiger partial charge >= 0.3 is 0 Å². The summed E-state index contributed by atoms with van der Waals surface area (Å²) in [6.45, 7) is 3.97. The monoisotopic (exact) mass is 468 g/mol. The molecule has 2 unspecified atom stereocenters. The molecular formula is C23H28N6O3S. The number of rotatable bonds is 5.